The lowest BCUT2D eigenvalue weighted by Crippen LogP contribution is -2.56. The molecule has 2 saturated heterocycles. The van der Waals surface area contributed by atoms with Crippen molar-refractivity contribution in [1.82, 2.24) is 15.1 Å². The lowest BCUT2D eigenvalue weighted by atomic mass is 10.0. The molecule has 0 saturated carbocycles. The van der Waals surface area contributed by atoms with Gasteiger partial charge in [0.25, 0.3) is 0 Å². The topological polar surface area (TPSA) is 65.1 Å². The molecule has 0 aromatic heterocycles. The van der Waals surface area contributed by atoms with Crippen molar-refractivity contribution in [2.45, 2.75) is 51.9 Å². The molecule has 2 aliphatic rings. The van der Waals surface area contributed by atoms with Crippen LogP contribution in [0, 0.1) is 0 Å². The molecule has 2 unspecified atom stereocenters. The van der Waals surface area contributed by atoms with Gasteiger partial charge in [0.05, 0.1) is 0 Å². The van der Waals surface area contributed by atoms with Gasteiger partial charge >= 0.3 is 0 Å². The van der Waals surface area contributed by atoms with E-state index in [1.54, 1.807) is 17.0 Å². The molecule has 7 nitrogen and oxygen atoms in total. The zero-order valence-electron chi connectivity index (χ0n) is 21.6. The number of carbonyl (C=O) groups excluding carboxylic acids is 2. The fraction of sp³-hybridized carbons (Fsp3) is 0.500. The van der Waals surface area contributed by atoms with Gasteiger partial charge in [-0.15, -0.1) is 0 Å². The Kier molecular flexibility index (Phi) is 9.71. The number of hydrogen-bond donors (Lipinski definition) is 1. The van der Waals surface area contributed by atoms with E-state index < -0.39 is 6.04 Å². The number of nitrogens with one attached hydrogen (secondary N) is 1. The number of likely N-dealkylation sites (tertiary alicyclic amines) is 1. The summed E-state index contributed by atoms with van der Waals surface area (Å²) in [6, 6.07) is 13.1. The van der Waals surface area contributed by atoms with Crippen LogP contribution in [0.2, 0.25) is 10.0 Å². The molecule has 2 aromatic carbocycles. The van der Waals surface area contributed by atoms with Crippen molar-refractivity contribution in [2.24, 2.45) is 0 Å². The highest BCUT2D eigenvalue weighted by Gasteiger charge is 2.36. The minimum absolute atomic E-state index is 0.0126. The number of carbonyl (C=O) groups is 2. The van der Waals surface area contributed by atoms with Crippen molar-refractivity contribution in [3.8, 4) is 0 Å². The second kappa shape index (κ2) is 13.0. The van der Waals surface area contributed by atoms with Gasteiger partial charge in [-0.3, -0.25) is 14.9 Å². The van der Waals surface area contributed by atoms with E-state index in [4.69, 9.17) is 27.9 Å². The fourth-order valence-corrected chi connectivity index (χ4v) is 5.62. The van der Waals surface area contributed by atoms with Crippen molar-refractivity contribution in [2.75, 3.05) is 44.2 Å². The van der Waals surface area contributed by atoms with E-state index in [0.29, 0.717) is 55.7 Å². The number of para-hydroxylation sites is 1. The van der Waals surface area contributed by atoms with Gasteiger partial charge in [0.15, 0.2) is 0 Å². The molecule has 4 rings (SSSR count). The van der Waals surface area contributed by atoms with Gasteiger partial charge in [-0.2, -0.15) is 0 Å². The second-order valence-corrected chi connectivity index (χ2v) is 10.4. The van der Waals surface area contributed by atoms with Gasteiger partial charge in [-0.1, -0.05) is 47.5 Å². The maximum absolute atomic E-state index is 13.8. The predicted molar refractivity (Wildman–Crippen MR) is 148 cm³/mol. The molecule has 2 aliphatic heterocycles. The van der Waals surface area contributed by atoms with Crippen LogP contribution in [0.25, 0.3) is 0 Å². The third kappa shape index (κ3) is 6.96. The summed E-state index contributed by atoms with van der Waals surface area (Å²) in [6.07, 6.45) is 1.62. The predicted octanol–water partition coefficient (Wildman–Crippen LogP) is 4.35. The van der Waals surface area contributed by atoms with E-state index in [2.05, 4.69) is 22.3 Å². The highest BCUT2D eigenvalue weighted by atomic mass is 35.5. The Labute approximate surface area is 229 Å². The molecule has 2 amide bonds. The van der Waals surface area contributed by atoms with Gasteiger partial charge in [0.2, 0.25) is 11.8 Å². The van der Waals surface area contributed by atoms with Gasteiger partial charge in [0.1, 0.15) is 12.3 Å². The minimum Gasteiger partial charge on any atom is -0.368 e. The van der Waals surface area contributed by atoms with Crippen LogP contribution >= 0.6 is 23.2 Å². The maximum Gasteiger partial charge on any atom is 0.245 e. The van der Waals surface area contributed by atoms with Crippen molar-refractivity contribution >= 4 is 40.7 Å². The van der Waals surface area contributed by atoms with Gasteiger partial charge in [0, 0.05) is 74.4 Å². The summed E-state index contributed by atoms with van der Waals surface area (Å²) in [6.45, 7) is 8.62. The molecule has 2 fully saturated rings. The van der Waals surface area contributed by atoms with E-state index in [-0.39, 0.29) is 18.0 Å². The Morgan fingerprint density at radius 1 is 1.05 bits per heavy atom. The monoisotopic (exact) mass is 546 g/mol. The third-order valence-electron chi connectivity index (χ3n) is 7.12. The number of nitrogens with zero attached hydrogens (tertiary/aromatic N) is 3. The van der Waals surface area contributed by atoms with Crippen LogP contribution in [-0.4, -0.2) is 73.2 Å². The molecule has 9 heteroatoms. The van der Waals surface area contributed by atoms with Crippen molar-refractivity contribution in [1.29, 1.82) is 0 Å². The summed E-state index contributed by atoms with van der Waals surface area (Å²) < 4.78 is 5.61. The number of benzene rings is 2. The first-order valence-corrected chi connectivity index (χ1v) is 13.8. The van der Waals surface area contributed by atoms with Crippen molar-refractivity contribution in [3.63, 3.8) is 0 Å². The molecule has 200 valence electrons. The average molecular weight is 548 g/mol. The fourth-order valence-electron chi connectivity index (χ4n) is 5.13. The summed E-state index contributed by atoms with van der Waals surface area (Å²) in [7, 11) is 0. The van der Waals surface area contributed by atoms with E-state index in [1.807, 2.05) is 36.9 Å². The molecule has 0 spiro atoms. The first-order valence-electron chi connectivity index (χ1n) is 13.1. The highest BCUT2D eigenvalue weighted by molar-refractivity contribution is 6.35. The smallest absolute Gasteiger partial charge is 0.245 e. The summed E-state index contributed by atoms with van der Waals surface area (Å²) in [5.41, 5.74) is 3.20. The molecule has 2 atom stereocenters. The van der Waals surface area contributed by atoms with Crippen LogP contribution in [-0.2, 0) is 27.3 Å². The quantitative estimate of drug-likeness (QED) is 0.449. The SMILES string of the molecule is CCOC(C)NCc1ccccc1N1CCN(C(=O)C(Cc2ccc(Cl)cc2Cl)N2CCCC2=O)CC1. The van der Waals surface area contributed by atoms with Gasteiger partial charge < -0.3 is 19.4 Å². The minimum atomic E-state index is -0.559. The number of piperazine rings is 1. The zero-order valence-corrected chi connectivity index (χ0v) is 23.1. The molecule has 0 aliphatic carbocycles. The summed E-state index contributed by atoms with van der Waals surface area (Å²) in [5.74, 6) is 0.0196. The van der Waals surface area contributed by atoms with E-state index in [1.165, 1.54) is 11.3 Å². The highest BCUT2D eigenvalue weighted by Crippen LogP contribution is 2.27. The van der Waals surface area contributed by atoms with Crippen LogP contribution < -0.4 is 10.2 Å². The summed E-state index contributed by atoms with van der Waals surface area (Å²) in [5, 5.41) is 4.49. The number of rotatable bonds is 10. The van der Waals surface area contributed by atoms with Gasteiger partial charge in [-0.25, -0.2) is 0 Å². The number of ether oxygens (including phenoxy) is 1. The van der Waals surface area contributed by atoms with Crippen LogP contribution in [0.1, 0.15) is 37.8 Å². The molecule has 37 heavy (non-hydrogen) atoms. The third-order valence-corrected chi connectivity index (χ3v) is 7.71. The lowest BCUT2D eigenvalue weighted by Gasteiger charge is -2.40. The van der Waals surface area contributed by atoms with E-state index in [0.717, 1.165) is 25.1 Å². The second-order valence-electron chi connectivity index (χ2n) is 9.57. The Hall–Kier alpha value is -2.32. The molecular weight excluding hydrogens is 511 g/mol. The van der Waals surface area contributed by atoms with Crippen molar-refractivity contribution in [3.05, 3.63) is 63.6 Å². The molecule has 2 heterocycles. The number of halogens is 2. The van der Waals surface area contributed by atoms with Gasteiger partial charge in [-0.05, 0) is 49.6 Å². The first kappa shape index (κ1) is 27.7. The lowest BCUT2D eigenvalue weighted by molar-refractivity contribution is -0.143. The largest absolute Gasteiger partial charge is 0.368 e. The Morgan fingerprint density at radius 2 is 1.81 bits per heavy atom. The van der Waals surface area contributed by atoms with Crippen LogP contribution in [0.3, 0.4) is 0 Å². The number of amides is 2. The Morgan fingerprint density at radius 3 is 2.49 bits per heavy atom. The van der Waals surface area contributed by atoms with Crippen LogP contribution in [0.5, 0.6) is 0 Å². The summed E-state index contributed by atoms with van der Waals surface area (Å²) in [4.78, 5) is 32.4. The first-order chi connectivity index (χ1) is 17.9. The van der Waals surface area contributed by atoms with Crippen LogP contribution in [0.15, 0.2) is 42.5 Å². The average Bonchev–Trinajstić information content (AvgIpc) is 3.32. The molecule has 0 bridgehead atoms. The molecule has 1 N–H and O–H groups in total. The molecule has 0 radical (unpaired) electrons. The van der Waals surface area contributed by atoms with E-state index >= 15 is 0 Å². The van der Waals surface area contributed by atoms with Crippen LogP contribution in [0.4, 0.5) is 5.69 Å². The standard InChI is InChI=1S/C28H36Cl2N4O3/c1-3-37-20(2)31-19-22-7-4-5-8-25(22)32-13-15-33(16-14-32)28(36)26(34-12-6-9-27(34)35)17-21-10-11-23(29)18-24(21)30/h4-5,7-8,10-11,18,20,26,31H,3,6,9,12-17,19H2,1-2H3. The summed E-state index contributed by atoms with van der Waals surface area (Å²) >= 11 is 12.5. The number of hydrogen-bond acceptors (Lipinski definition) is 5. The molecular formula is C28H36Cl2N4O3. The van der Waals surface area contributed by atoms with Crippen molar-refractivity contribution < 1.29 is 14.3 Å². The maximum atomic E-state index is 13.8. The number of anilines is 1. The normalized spacial score (nSPS) is 17.8. The molecule has 2 aromatic rings. The Balaban J connectivity index is 1.44. The zero-order chi connectivity index (χ0) is 26.4. The van der Waals surface area contributed by atoms with E-state index in [9.17, 15) is 9.59 Å². The Bertz CT molecular complexity index is 1090.